The van der Waals surface area contributed by atoms with Crippen molar-refractivity contribution >= 4 is 11.6 Å². The molecule has 1 unspecified atom stereocenters. The maximum Gasteiger partial charge on any atom is 0.126 e. The molecule has 0 fully saturated rings. The first-order valence-electron chi connectivity index (χ1n) is 5.37. The van der Waals surface area contributed by atoms with Crippen molar-refractivity contribution in [2.24, 2.45) is 0 Å². The van der Waals surface area contributed by atoms with Crippen LogP contribution in [-0.2, 0) is 0 Å². The highest BCUT2D eigenvalue weighted by atomic mass is 35.5. The van der Waals surface area contributed by atoms with Crippen molar-refractivity contribution < 1.29 is 13.9 Å². The lowest BCUT2D eigenvalue weighted by molar-refractivity contribution is 0.218. The Morgan fingerprint density at radius 3 is 2.28 bits per heavy atom. The van der Waals surface area contributed by atoms with E-state index in [1.54, 1.807) is 25.1 Å². The molecule has 0 bridgehead atoms. The summed E-state index contributed by atoms with van der Waals surface area (Å²) in [5, 5.41) is 10.6. The van der Waals surface area contributed by atoms with E-state index >= 15 is 0 Å². The van der Waals surface area contributed by atoms with Crippen molar-refractivity contribution in [2.75, 3.05) is 0 Å². The first-order valence-corrected chi connectivity index (χ1v) is 5.75. The molecule has 0 radical (unpaired) electrons. The third-order valence-electron chi connectivity index (χ3n) is 2.74. The van der Waals surface area contributed by atoms with E-state index in [9.17, 15) is 13.9 Å². The standard InChI is InChI=1S/C14H11ClF2O/c1-8-2-3-10(15)6-13(8)14(18)9-4-11(16)7-12(17)5-9/h2-7,14,18H,1H3. The van der Waals surface area contributed by atoms with Crippen LogP contribution >= 0.6 is 11.6 Å². The van der Waals surface area contributed by atoms with Gasteiger partial charge in [0.2, 0.25) is 0 Å². The first kappa shape index (κ1) is 13.0. The van der Waals surface area contributed by atoms with Crippen molar-refractivity contribution in [3.8, 4) is 0 Å². The highest BCUT2D eigenvalue weighted by Crippen LogP contribution is 2.28. The molecule has 0 heterocycles. The van der Waals surface area contributed by atoms with Gasteiger partial charge in [0.05, 0.1) is 0 Å². The fraction of sp³-hybridized carbons (Fsp3) is 0.143. The van der Waals surface area contributed by atoms with Gasteiger partial charge in [-0.2, -0.15) is 0 Å². The zero-order valence-electron chi connectivity index (χ0n) is 9.62. The molecule has 1 N–H and O–H groups in total. The van der Waals surface area contributed by atoms with Crippen LogP contribution in [0.1, 0.15) is 22.8 Å². The number of rotatable bonds is 2. The minimum absolute atomic E-state index is 0.165. The average molecular weight is 269 g/mol. The summed E-state index contributed by atoms with van der Waals surface area (Å²) in [5.41, 5.74) is 1.50. The van der Waals surface area contributed by atoms with Gasteiger partial charge in [-0.05, 0) is 47.9 Å². The highest BCUT2D eigenvalue weighted by molar-refractivity contribution is 6.30. The second-order valence-corrected chi connectivity index (χ2v) is 4.54. The number of benzene rings is 2. The lowest BCUT2D eigenvalue weighted by atomic mass is 9.97. The van der Waals surface area contributed by atoms with E-state index in [4.69, 9.17) is 11.6 Å². The number of halogens is 3. The van der Waals surface area contributed by atoms with Crippen LogP contribution in [0.4, 0.5) is 8.78 Å². The van der Waals surface area contributed by atoms with Crippen molar-refractivity contribution in [3.63, 3.8) is 0 Å². The number of aryl methyl sites for hydroxylation is 1. The molecule has 0 aliphatic rings. The second kappa shape index (κ2) is 5.04. The summed E-state index contributed by atoms with van der Waals surface area (Å²) >= 11 is 5.85. The third kappa shape index (κ3) is 2.68. The Morgan fingerprint density at radius 1 is 1.06 bits per heavy atom. The van der Waals surface area contributed by atoms with Gasteiger partial charge in [-0.15, -0.1) is 0 Å². The number of aliphatic hydroxyl groups is 1. The summed E-state index contributed by atoms with van der Waals surface area (Å²) in [6, 6.07) is 8.00. The minimum atomic E-state index is -1.10. The van der Waals surface area contributed by atoms with Crippen LogP contribution in [0.15, 0.2) is 36.4 Å². The summed E-state index contributed by atoms with van der Waals surface area (Å²) < 4.78 is 26.2. The summed E-state index contributed by atoms with van der Waals surface area (Å²) in [6.07, 6.45) is -1.10. The average Bonchev–Trinajstić information content (AvgIpc) is 2.30. The molecule has 2 aromatic carbocycles. The maximum absolute atomic E-state index is 13.1. The van der Waals surface area contributed by atoms with Crippen LogP contribution in [0.3, 0.4) is 0 Å². The van der Waals surface area contributed by atoms with Gasteiger partial charge < -0.3 is 5.11 Å². The van der Waals surface area contributed by atoms with E-state index in [0.29, 0.717) is 10.6 Å². The minimum Gasteiger partial charge on any atom is -0.384 e. The molecule has 0 aromatic heterocycles. The quantitative estimate of drug-likeness (QED) is 0.873. The Balaban J connectivity index is 2.47. The first-order chi connectivity index (χ1) is 8.47. The number of hydrogen-bond donors (Lipinski definition) is 1. The van der Waals surface area contributed by atoms with E-state index < -0.39 is 17.7 Å². The second-order valence-electron chi connectivity index (χ2n) is 4.11. The molecule has 94 valence electrons. The van der Waals surface area contributed by atoms with E-state index in [2.05, 4.69) is 0 Å². The Labute approximate surface area is 109 Å². The fourth-order valence-corrected chi connectivity index (χ4v) is 2.00. The van der Waals surface area contributed by atoms with Crippen molar-refractivity contribution in [1.82, 2.24) is 0 Å². The predicted molar refractivity (Wildman–Crippen MR) is 66.6 cm³/mol. The smallest absolute Gasteiger partial charge is 0.126 e. The van der Waals surface area contributed by atoms with Crippen LogP contribution in [-0.4, -0.2) is 5.11 Å². The maximum atomic E-state index is 13.1. The molecule has 0 spiro atoms. The molecular formula is C14H11ClF2O. The van der Waals surface area contributed by atoms with E-state index in [-0.39, 0.29) is 5.56 Å². The van der Waals surface area contributed by atoms with Crippen LogP contribution in [0.2, 0.25) is 5.02 Å². The van der Waals surface area contributed by atoms with Gasteiger partial charge in [-0.3, -0.25) is 0 Å². The van der Waals surface area contributed by atoms with Gasteiger partial charge in [0, 0.05) is 11.1 Å². The molecule has 1 nitrogen and oxygen atoms in total. The van der Waals surface area contributed by atoms with Crippen molar-refractivity contribution in [2.45, 2.75) is 13.0 Å². The lowest BCUT2D eigenvalue weighted by Crippen LogP contribution is -2.03. The van der Waals surface area contributed by atoms with Gasteiger partial charge in [-0.25, -0.2) is 8.78 Å². The van der Waals surface area contributed by atoms with E-state index in [1.165, 1.54) is 0 Å². The topological polar surface area (TPSA) is 20.2 Å². The van der Waals surface area contributed by atoms with Crippen LogP contribution in [0.5, 0.6) is 0 Å². The zero-order valence-corrected chi connectivity index (χ0v) is 10.4. The Kier molecular flexibility index (Phi) is 3.64. The van der Waals surface area contributed by atoms with Crippen LogP contribution in [0, 0.1) is 18.6 Å². The molecule has 0 saturated carbocycles. The predicted octanol–water partition coefficient (Wildman–Crippen LogP) is 4.01. The van der Waals surface area contributed by atoms with Gasteiger partial charge in [0.1, 0.15) is 17.7 Å². The van der Waals surface area contributed by atoms with E-state index in [1.807, 2.05) is 0 Å². The van der Waals surface area contributed by atoms with Gasteiger partial charge in [0.25, 0.3) is 0 Å². The van der Waals surface area contributed by atoms with Crippen molar-refractivity contribution in [1.29, 1.82) is 0 Å². The summed E-state index contributed by atoms with van der Waals surface area (Å²) in [7, 11) is 0. The molecular weight excluding hydrogens is 258 g/mol. The molecule has 0 saturated heterocycles. The fourth-order valence-electron chi connectivity index (χ4n) is 1.82. The summed E-state index contributed by atoms with van der Waals surface area (Å²) in [5.74, 6) is -1.44. The molecule has 1 atom stereocenters. The normalized spacial score (nSPS) is 12.5. The molecule has 0 aliphatic carbocycles. The SMILES string of the molecule is Cc1ccc(Cl)cc1C(O)c1cc(F)cc(F)c1. The van der Waals surface area contributed by atoms with E-state index in [0.717, 1.165) is 23.8 Å². The summed E-state index contributed by atoms with van der Waals surface area (Å²) in [4.78, 5) is 0. The molecule has 0 aliphatic heterocycles. The van der Waals surface area contributed by atoms with Crippen LogP contribution in [0.25, 0.3) is 0 Å². The molecule has 18 heavy (non-hydrogen) atoms. The number of aliphatic hydroxyl groups excluding tert-OH is 1. The molecule has 2 rings (SSSR count). The highest BCUT2D eigenvalue weighted by Gasteiger charge is 2.15. The molecule has 2 aromatic rings. The van der Waals surface area contributed by atoms with Gasteiger partial charge in [-0.1, -0.05) is 17.7 Å². The summed E-state index contributed by atoms with van der Waals surface area (Å²) in [6.45, 7) is 1.80. The zero-order chi connectivity index (χ0) is 13.3. The monoisotopic (exact) mass is 268 g/mol. The van der Waals surface area contributed by atoms with Crippen molar-refractivity contribution in [3.05, 3.63) is 69.7 Å². The molecule has 0 amide bonds. The van der Waals surface area contributed by atoms with Gasteiger partial charge >= 0.3 is 0 Å². The Morgan fingerprint density at radius 2 is 1.67 bits per heavy atom. The Bertz CT molecular complexity index is 564. The third-order valence-corrected chi connectivity index (χ3v) is 2.97. The van der Waals surface area contributed by atoms with Crippen LogP contribution < -0.4 is 0 Å². The largest absolute Gasteiger partial charge is 0.384 e. The Hall–Kier alpha value is -1.45. The van der Waals surface area contributed by atoms with Gasteiger partial charge in [0.15, 0.2) is 0 Å². The number of hydrogen-bond acceptors (Lipinski definition) is 1. The molecule has 4 heteroatoms. The lowest BCUT2D eigenvalue weighted by Gasteiger charge is -2.14.